The minimum atomic E-state index is 0.0165. The van der Waals surface area contributed by atoms with Crippen LogP contribution < -0.4 is 14.9 Å². The molecule has 0 bridgehead atoms. The van der Waals surface area contributed by atoms with Gasteiger partial charge in [-0.25, -0.2) is 0 Å². The number of anilines is 1. The Morgan fingerprint density at radius 3 is 2.32 bits per heavy atom. The first-order valence-electron chi connectivity index (χ1n) is 12.8. The smallest absolute Gasteiger partial charge is 0.126 e. The first-order valence-corrected chi connectivity index (χ1v) is 13.8. The Morgan fingerprint density at radius 1 is 0.882 bits per heavy atom. The molecule has 3 heteroatoms. The van der Waals surface area contributed by atoms with E-state index in [1.807, 2.05) is 0 Å². The highest BCUT2D eigenvalue weighted by molar-refractivity contribution is 7.49. The molecule has 1 aliphatic rings. The van der Waals surface area contributed by atoms with Crippen molar-refractivity contribution in [2.24, 2.45) is 0 Å². The van der Waals surface area contributed by atoms with Gasteiger partial charge in [0.2, 0.25) is 0 Å². The van der Waals surface area contributed by atoms with E-state index in [0.29, 0.717) is 15.2 Å². The lowest BCUT2D eigenvalue weighted by Gasteiger charge is -2.36. The van der Waals surface area contributed by atoms with Crippen LogP contribution >= 0.6 is 8.58 Å². The maximum Gasteiger partial charge on any atom is 0.126 e. The molecule has 0 saturated carbocycles. The summed E-state index contributed by atoms with van der Waals surface area (Å²) in [7, 11) is 0.684. The fourth-order valence-corrected chi connectivity index (χ4v) is 6.69. The number of piperidine rings is 1. The number of aryl methyl sites for hydroxylation is 3. The lowest BCUT2D eigenvalue weighted by Crippen LogP contribution is -2.33. The van der Waals surface area contributed by atoms with Crippen LogP contribution in [0.15, 0.2) is 60.7 Å². The van der Waals surface area contributed by atoms with Gasteiger partial charge >= 0.3 is 0 Å². The molecule has 0 aliphatic carbocycles. The predicted molar refractivity (Wildman–Crippen MR) is 150 cm³/mol. The SMILES string of the molecule is CCC(C)(Pc1ccc(C)cc1N1CCCCC1)c1cc(C)cc(C)c1OCc1ccccc1. The van der Waals surface area contributed by atoms with E-state index in [-0.39, 0.29) is 5.16 Å². The third-order valence-corrected chi connectivity index (χ3v) is 9.07. The number of benzene rings is 3. The predicted octanol–water partition coefficient (Wildman–Crippen LogP) is 7.81. The van der Waals surface area contributed by atoms with Crippen LogP contribution in [0, 0.1) is 20.8 Å². The highest BCUT2D eigenvalue weighted by Gasteiger charge is 2.31. The van der Waals surface area contributed by atoms with Crippen LogP contribution in [0.3, 0.4) is 0 Å². The van der Waals surface area contributed by atoms with Gasteiger partial charge in [-0.15, -0.1) is 0 Å². The molecular formula is C31H40NOP. The quantitative estimate of drug-likeness (QED) is 0.309. The van der Waals surface area contributed by atoms with Crippen molar-refractivity contribution in [3.05, 3.63) is 88.5 Å². The Hall–Kier alpha value is -2.31. The third-order valence-electron chi connectivity index (χ3n) is 7.21. The van der Waals surface area contributed by atoms with E-state index >= 15 is 0 Å². The van der Waals surface area contributed by atoms with Gasteiger partial charge in [-0.1, -0.05) is 82.6 Å². The monoisotopic (exact) mass is 473 g/mol. The van der Waals surface area contributed by atoms with E-state index in [0.717, 1.165) is 12.2 Å². The number of hydrogen-bond donors (Lipinski definition) is 0. The van der Waals surface area contributed by atoms with Crippen molar-refractivity contribution in [3.8, 4) is 5.75 Å². The molecule has 0 amide bonds. The highest BCUT2D eigenvalue weighted by atomic mass is 31.1. The van der Waals surface area contributed by atoms with Gasteiger partial charge in [-0.2, -0.15) is 0 Å². The molecule has 0 radical (unpaired) electrons. The number of hydrogen-bond acceptors (Lipinski definition) is 2. The second-order valence-corrected chi connectivity index (χ2v) is 12.0. The zero-order valence-electron chi connectivity index (χ0n) is 21.6. The average Bonchev–Trinajstić information content (AvgIpc) is 2.85. The standard InChI is InChI=1S/C31H40NOP/c1-6-31(5,34-29-16-15-23(2)21-28(29)32-17-11-8-12-18-32)27-20-24(3)19-25(4)30(27)33-22-26-13-9-7-10-14-26/h7,9-10,13-16,19-21,34H,6,8,11-12,17-18,22H2,1-5H3. The summed E-state index contributed by atoms with van der Waals surface area (Å²) in [6.45, 7) is 14.4. The van der Waals surface area contributed by atoms with E-state index in [9.17, 15) is 0 Å². The molecule has 2 atom stereocenters. The summed E-state index contributed by atoms with van der Waals surface area (Å²) in [6.07, 6.45) is 5.03. The number of ether oxygens (including phenoxy) is 1. The van der Waals surface area contributed by atoms with Gasteiger partial charge in [0.05, 0.1) is 0 Å². The summed E-state index contributed by atoms with van der Waals surface area (Å²) in [5.41, 5.74) is 7.91. The first kappa shape index (κ1) is 24.8. The van der Waals surface area contributed by atoms with Crippen molar-refractivity contribution in [3.63, 3.8) is 0 Å². The summed E-state index contributed by atoms with van der Waals surface area (Å²) < 4.78 is 6.55. The normalized spacial score (nSPS) is 16.1. The molecule has 3 aromatic rings. The summed E-state index contributed by atoms with van der Waals surface area (Å²) in [4.78, 5) is 2.63. The van der Waals surface area contributed by atoms with Crippen LogP contribution in [0.5, 0.6) is 5.75 Å². The van der Waals surface area contributed by atoms with E-state index < -0.39 is 0 Å². The first-order chi connectivity index (χ1) is 16.4. The number of rotatable bonds is 8. The minimum Gasteiger partial charge on any atom is -0.488 e. The molecule has 2 nitrogen and oxygen atoms in total. The van der Waals surface area contributed by atoms with Crippen LogP contribution in [0.1, 0.15) is 67.3 Å². The van der Waals surface area contributed by atoms with E-state index in [1.165, 1.54) is 71.2 Å². The van der Waals surface area contributed by atoms with Gasteiger partial charge in [0.25, 0.3) is 0 Å². The molecule has 0 N–H and O–H groups in total. The van der Waals surface area contributed by atoms with E-state index in [4.69, 9.17) is 4.74 Å². The second-order valence-electron chi connectivity index (χ2n) is 10.1. The van der Waals surface area contributed by atoms with Crippen LogP contribution in [-0.4, -0.2) is 13.1 Å². The van der Waals surface area contributed by atoms with Crippen molar-refractivity contribution >= 4 is 19.6 Å². The Kier molecular flexibility index (Phi) is 7.99. The van der Waals surface area contributed by atoms with Crippen molar-refractivity contribution in [2.75, 3.05) is 18.0 Å². The zero-order valence-corrected chi connectivity index (χ0v) is 22.6. The van der Waals surface area contributed by atoms with Gasteiger partial charge in [-0.3, -0.25) is 0 Å². The Morgan fingerprint density at radius 2 is 1.62 bits per heavy atom. The van der Waals surface area contributed by atoms with Crippen molar-refractivity contribution in [1.82, 2.24) is 0 Å². The molecule has 180 valence electrons. The molecule has 1 fully saturated rings. The van der Waals surface area contributed by atoms with Crippen molar-refractivity contribution in [2.45, 2.75) is 72.1 Å². The molecule has 2 unspecified atom stereocenters. The largest absolute Gasteiger partial charge is 0.488 e. The molecule has 0 aromatic heterocycles. The fourth-order valence-electron chi connectivity index (χ4n) is 5.07. The minimum absolute atomic E-state index is 0.0165. The van der Waals surface area contributed by atoms with Crippen LogP contribution in [-0.2, 0) is 11.8 Å². The van der Waals surface area contributed by atoms with E-state index in [1.54, 1.807) is 0 Å². The molecule has 3 aromatic carbocycles. The second kappa shape index (κ2) is 11.0. The maximum absolute atomic E-state index is 6.55. The van der Waals surface area contributed by atoms with Gasteiger partial charge in [0.1, 0.15) is 12.4 Å². The van der Waals surface area contributed by atoms with Gasteiger partial charge in [-0.05, 0) is 74.5 Å². The van der Waals surface area contributed by atoms with Gasteiger partial charge in [0.15, 0.2) is 0 Å². The third kappa shape index (κ3) is 5.66. The molecule has 4 rings (SSSR count). The topological polar surface area (TPSA) is 12.5 Å². The maximum atomic E-state index is 6.55. The molecule has 1 aliphatic heterocycles. The molecule has 1 heterocycles. The molecule has 34 heavy (non-hydrogen) atoms. The summed E-state index contributed by atoms with van der Waals surface area (Å²) >= 11 is 0. The van der Waals surface area contributed by atoms with Crippen LogP contribution in [0.25, 0.3) is 0 Å². The van der Waals surface area contributed by atoms with Crippen LogP contribution in [0.2, 0.25) is 0 Å². The Bertz CT molecular complexity index is 1100. The summed E-state index contributed by atoms with van der Waals surface area (Å²) in [5.74, 6) is 1.07. The van der Waals surface area contributed by atoms with Crippen molar-refractivity contribution < 1.29 is 4.74 Å². The summed E-state index contributed by atoms with van der Waals surface area (Å²) in [6, 6.07) is 22.2. The average molecular weight is 474 g/mol. The van der Waals surface area contributed by atoms with Gasteiger partial charge < -0.3 is 9.64 Å². The Balaban J connectivity index is 1.70. The molecular weight excluding hydrogens is 433 g/mol. The Labute approximate surface area is 208 Å². The highest BCUT2D eigenvalue weighted by Crippen LogP contribution is 2.49. The molecule has 0 spiro atoms. The molecule has 1 saturated heterocycles. The van der Waals surface area contributed by atoms with Gasteiger partial charge in [0, 0.05) is 29.5 Å². The van der Waals surface area contributed by atoms with Crippen molar-refractivity contribution in [1.29, 1.82) is 0 Å². The number of nitrogens with zero attached hydrogens (tertiary/aromatic N) is 1. The fraction of sp³-hybridized carbons (Fsp3) is 0.419. The zero-order chi connectivity index (χ0) is 24.1. The summed E-state index contributed by atoms with van der Waals surface area (Å²) in [5, 5.41) is 1.51. The van der Waals surface area contributed by atoms with Crippen LogP contribution in [0.4, 0.5) is 5.69 Å². The lowest BCUT2D eigenvalue weighted by atomic mass is 9.92. The lowest BCUT2D eigenvalue weighted by molar-refractivity contribution is 0.297. The van der Waals surface area contributed by atoms with E-state index in [2.05, 4.69) is 100 Å².